The van der Waals surface area contributed by atoms with Crippen LogP contribution in [-0.2, 0) is 32.8 Å². The molecular formula is C21H41O7P2S+. The first-order valence-electron chi connectivity index (χ1n) is 11.5. The molecule has 0 aromatic heterocycles. The molecule has 0 spiro atoms. The summed E-state index contributed by atoms with van der Waals surface area (Å²) in [5, 5.41) is 0.0484. The van der Waals surface area contributed by atoms with Crippen molar-refractivity contribution in [2.45, 2.75) is 97.0 Å². The highest BCUT2D eigenvalue weighted by Gasteiger charge is 2.60. The Balaban J connectivity index is 4.88. The van der Waals surface area contributed by atoms with Gasteiger partial charge < -0.3 is 13.8 Å². The third-order valence-corrected chi connectivity index (χ3v) is 9.71. The SMILES string of the molecule is CCCCCCCCCCCCS(=O)(=O)C#CC(OCC)([PH+]=O)P(=O)(OCC)OCC. The van der Waals surface area contributed by atoms with Crippen molar-refractivity contribution in [3.05, 3.63) is 0 Å². The number of hydrogen-bond acceptors (Lipinski definition) is 7. The first-order chi connectivity index (χ1) is 14.8. The first kappa shape index (κ1) is 30.7. The zero-order chi connectivity index (χ0) is 23.6. The van der Waals surface area contributed by atoms with Crippen LogP contribution >= 0.6 is 16.1 Å². The van der Waals surface area contributed by atoms with E-state index in [0.717, 1.165) is 19.3 Å². The summed E-state index contributed by atoms with van der Waals surface area (Å²) in [6, 6.07) is 0. The molecule has 0 N–H and O–H groups in total. The standard InChI is InChI=1S/C21H40O7P2S/c1-5-9-10-11-12-13-14-15-16-17-19-31(24,25)20-18-21(29-22,26-6-2)30(23,27-7-3)28-8-4/h5-17,19H2,1-4H3/p+1. The summed E-state index contributed by atoms with van der Waals surface area (Å²) in [7, 11) is -9.17. The van der Waals surface area contributed by atoms with Crippen LogP contribution in [0.4, 0.5) is 0 Å². The Hall–Kier alpha value is -0.280. The molecule has 7 nitrogen and oxygen atoms in total. The fourth-order valence-electron chi connectivity index (χ4n) is 3.04. The summed E-state index contributed by atoms with van der Waals surface area (Å²) < 4.78 is 65.7. The normalized spacial score (nSPS) is 14.2. The lowest BCUT2D eigenvalue weighted by Crippen LogP contribution is -2.27. The van der Waals surface area contributed by atoms with Gasteiger partial charge in [-0.3, -0.25) is 4.57 Å². The van der Waals surface area contributed by atoms with Crippen LogP contribution in [-0.4, -0.2) is 39.1 Å². The van der Waals surface area contributed by atoms with Crippen LogP contribution in [0, 0.1) is 11.2 Å². The molecule has 0 saturated heterocycles. The van der Waals surface area contributed by atoms with Crippen molar-refractivity contribution >= 4 is 25.9 Å². The average Bonchev–Trinajstić information content (AvgIpc) is 2.72. The van der Waals surface area contributed by atoms with Crippen LogP contribution in [0.5, 0.6) is 0 Å². The molecule has 0 radical (unpaired) electrons. The highest BCUT2D eigenvalue weighted by atomic mass is 32.2. The molecule has 182 valence electrons. The van der Waals surface area contributed by atoms with E-state index in [1.807, 2.05) is 0 Å². The average molecular weight is 500 g/mol. The van der Waals surface area contributed by atoms with Crippen molar-refractivity contribution in [1.82, 2.24) is 0 Å². The van der Waals surface area contributed by atoms with Crippen LogP contribution in [0.15, 0.2) is 0 Å². The minimum atomic E-state index is -4.08. The molecule has 2 unspecified atom stereocenters. The van der Waals surface area contributed by atoms with E-state index in [1.54, 1.807) is 20.8 Å². The van der Waals surface area contributed by atoms with Crippen molar-refractivity contribution in [3.63, 3.8) is 0 Å². The minimum Gasteiger partial charge on any atom is -0.314 e. The maximum absolute atomic E-state index is 13.2. The summed E-state index contributed by atoms with van der Waals surface area (Å²) in [6.07, 6.45) is 10.9. The van der Waals surface area contributed by atoms with E-state index >= 15 is 0 Å². The molecular weight excluding hydrogens is 458 g/mol. The smallest absolute Gasteiger partial charge is 0.314 e. The molecule has 10 heteroatoms. The Bertz CT molecular complexity index is 690. The van der Waals surface area contributed by atoms with E-state index in [-0.39, 0.29) is 25.6 Å². The van der Waals surface area contributed by atoms with Crippen molar-refractivity contribution in [1.29, 1.82) is 0 Å². The molecule has 0 bridgehead atoms. The van der Waals surface area contributed by atoms with Gasteiger partial charge in [0.2, 0.25) is 9.84 Å². The molecule has 2 atom stereocenters. The van der Waals surface area contributed by atoms with Gasteiger partial charge in [0.15, 0.2) is 0 Å². The molecule has 0 heterocycles. The molecule has 0 fully saturated rings. The van der Waals surface area contributed by atoms with Gasteiger partial charge in [0, 0.05) is 11.2 Å². The number of unbranched alkanes of at least 4 members (excludes halogenated alkanes) is 9. The zero-order valence-corrected chi connectivity index (χ0v) is 22.3. The van der Waals surface area contributed by atoms with Gasteiger partial charge in [0.1, 0.15) is 0 Å². The van der Waals surface area contributed by atoms with Crippen molar-refractivity contribution in [3.8, 4) is 11.2 Å². The highest BCUT2D eigenvalue weighted by Crippen LogP contribution is 2.65. The number of hydrogen-bond donors (Lipinski definition) is 0. The van der Waals surface area contributed by atoms with Crippen molar-refractivity contribution in [2.75, 3.05) is 25.6 Å². The summed E-state index contributed by atoms with van der Waals surface area (Å²) in [4.78, 5) is 0. The predicted octanol–water partition coefficient (Wildman–Crippen LogP) is 6.26. The van der Waals surface area contributed by atoms with Crippen LogP contribution < -0.4 is 0 Å². The lowest BCUT2D eigenvalue weighted by molar-refractivity contribution is 0.0854. The summed E-state index contributed by atoms with van der Waals surface area (Å²) >= 11 is 0. The Kier molecular flexibility index (Phi) is 17.1. The Morgan fingerprint density at radius 2 is 1.29 bits per heavy atom. The fraction of sp³-hybridized carbons (Fsp3) is 0.905. The molecule has 0 aromatic carbocycles. The second-order valence-corrected chi connectivity index (χ2v) is 12.6. The van der Waals surface area contributed by atoms with Gasteiger partial charge in [-0.15, -0.1) is 0 Å². The predicted molar refractivity (Wildman–Crippen MR) is 128 cm³/mol. The monoisotopic (exact) mass is 499 g/mol. The number of rotatable bonds is 19. The third kappa shape index (κ3) is 11.9. The molecule has 0 aliphatic carbocycles. The van der Waals surface area contributed by atoms with E-state index in [2.05, 4.69) is 18.1 Å². The lowest BCUT2D eigenvalue weighted by Gasteiger charge is -2.24. The molecule has 0 aliphatic rings. The maximum Gasteiger partial charge on any atom is 0.426 e. The van der Waals surface area contributed by atoms with Gasteiger partial charge in [-0.05, 0) is 27.2 Å². The van der Waals surface area contributed by atoms with E-state index < -0.39 is 31.0 Å². The quantitative estimate of drug-likeness (QED) is 0.0895. The largest absolute Gasteiger partial charge is 0.426 e. The van der Waals surface area contributed by atoms with Gasteiger partial charge in [-0.1, -0.05) is 69.3 Å². The summed E-state index contributed by atoms with van der Waals surface area (Å²) in [5.41, 5.74) is 0. The first-order valence-corrected chi connectivity index (χ1v) is 15.6. The van der Waals surface area contributed by atoms with E-state index in [9.17, 15) is 17.5 Å². The Morgan fingerprint density at radius 3 is 1.71 bits per heavy atom. The summed E-state index contributed by atoms with van der Waals surface area (Å²) in [6.45, 7) is 7.07. The van der Waals surface area contributed by atoms with Crippen LogP contribution in [0.25, 0.3) is 0 Å². The van der Waals surface area contributed by atoms with Crippen LogP contribution in [0.3, 0.4) is 0 Å². The maximum atomic E-state index is 13.2. The molecule has 0 amide bonds. The second kappa shape index (κ2) is 17.2. The van der Waals surface area contributed by atoms with Gasteiger partial charge in [-0.2, -0.15) is 0 Å². The Labute approximate surface area is 191 Å². The fourth-order valence-corrected chi connectivity index (χ4v) is 6.94. The van der Waals surface area contributed by atoms with E-state index in [4.69, 9.17) is 13.8 Å². The third-order valence-electron chi connectivity index (χ3n) is 4.62. The summed E-state index contributed by atoms with van der Waals surface area (Å²) in [5.74, 6) is 2.24. The van der Waals surface area contributed by atoms with Crippen molar-refractivity contribution in [2.24, 2.45) is 0 Å². The molecule has 31 heavy (non-hydrogen) atoms. The van der Waals surface area contributed by atoms with Gasteiger partial charge in [-0.25, -0.2) is 8.42 Å². The molecule has 0 aromatic rings. The molecule has 0 rings (SSSR count). The Morgan fingerprint density at radius 1 is 0.806 bits per heavy atom. The molecule has 0 saturated carbocycles. The number of sulfone groups is 1. The van der Waals surface area contributed by atoms with Crippen LogP contribution in [0.2, 0.25) is 0 Å². The highest BCUT2D eigenvalue weighted by molar-refractivity contribution is 7.96. The van der Waals surface area contributed by atoms with Crippen molar-refractivity contribution < 1.29 is 31.3 Å². The van der Waals surface area contributed by atoms with Gasteiger partial charge in [0.25, 0.3) is 0 Å². The van der Waals surface area contributed by atoms with E-state index in [1.165, 1.54) is 38.5 Å². The van der Waals surface area contributed by atoms with Gasteiger partial charge in [0.05, 0.1) is 25.6 Å². The van der Waals surface area contributed by atoms with E-state index in [0.29, 0.717) is 6.42 Å². The topological polar surface area (TPSA) is 96.0 Å². The lowest BCUT2D eigenvalue weighted by atomic mass is 10.1. The zero-order valence-electron chi connectivity index (χ0n) is 19.6. The minimum absolute atomic E-state index is 0.0175. The number of ether oxygens (including phenoxy) is 1. The van der Waals surface area contributed by atoms with Gasteiger partial charge >= 0.3 is 21.1 Å². The molecule has 0 aliphatic heterocycles. The van der Waals surface area contributed by atoms with Crippen LogP contribution in [0.1, 0.15) is 91.9 Å². The second-order valence-electron chi connectivity index (χ2n) is 7.24.